The summed E-state index contributed by atoms with van der Waals surface area (Å²) in [5.74, 6) is -0.0875. The minimum Gasteiger partial charge on any atom is -0.290 e. The van der Waals surface area contributed by atoms with Crippen LogP contribution in [0.2, 0.25) is 0 Å². The van der Waals surface area contributed by atoms with E-state index in [1.54, 1.807) is 0 Å². The van der Waals surface area contributed by atoms with Gasteiger partial charge in [-0.05, 0) is 13.3 Å². The average Bonchev–Trinajstić information content (AvgIpc) is 2.09. The Morgan fingerprint density at radius 1 is 1.77 bits per heavy atom. The van der Waals surface area contributed by atoms with Crippen LogP contribution in [-0.2, 0) is 9.63 Å². The third kappa shape index (κ3) is 3.57. The number of nitrogens with one attached hydrogen (secondary N) is 1. The Morgan fingerprint density at radius 2 is 2.54 bits per heavy atom. The summed E-state index contributed by atoms with van der Waals surface area (Å²) in [6, 6.07) is 0. The molecule has 0 aromatic carbocycles. The van der Waals surface area contributed by atoms with Crippen molar-refractivity contribution in [2.45, 2.75) is 13.3 Å². The van der Waals surface area contributed by atoms with Crippen molar-refractivity contribution in [3.63, 3.8) is 0 Å². The molecule has 0 radical (unpaired) electrons. The Hall–Kier alpha value is -0.870. The van der Waals surface area contributed by atoms with Crippen LogP contribution in [0.15, 0.2) is 11.6 Å². The number of rotatable bonds is 3. The smallest absolute Gasteiger partial charge is 0.257 e. The van der Waals surface area contributed by atoms with Gasteiger partial charge in [-0.3, -0.25) is 14.5 Å². The maximum Gasteiger partial charge on any atom is 0.257 e. The molecule has 1 N–H and O–H groups in total. The number of carbonyl (C=O) groups excluding carboxylic acids is 1. The highest BCUT2D eigenvalue weighted by atomic mass is 16.6. The lowest BCUT2D eigenvalue weighted by atomic mass is 10.1. The van der Waals surface area contributed by atoms with Gasteiger partial charge in [-0.2, -0.15) is 0 Å². The van der Waals surface area contributed by atoms with Gasteiger partial charge in [0.15, 0.2) is 0 Å². The van der Waals surface area contributed by atoms with Gasteiger partial charge in [0.05, 0.1) is 13.7 Å². The Kier molecular flexibility index (Phi) is 3.92. The van der Waals surface area contributed by atoms with Gasteiger partial charge < -0.3 is 0 Å². The van der Waals surface area contributed by atoms with Crippen LogP contribution >= 0.6 is 0 Å². The molecular weight excluding hydrogens is 168 g/mol. The summed E-state index contributed by atoms with van der Waals surface area (Å²) in [4.78, 5) is 17.7. The first-order chi connectivity index (χ1) is 6.22. The van der Waals surface area contributed by atoms with Crippen LogP contribution in [0.3, 0.4) is 0 Å². The zero-order valence-electron chi connectivity index (χ0n) is 8.17. The van der Waals surface area contributed by atoms with E-state index in [0.29, 0.717) is 6.54 Å². The lowest BCUT2D eigenvalue weighted by molar-refractivity contribution is -0.132. The number of nitrogens with zero attached hydrogens (tertiary/aromatic N) is 1. The van der Waals surface area contributed by atoms with Crippen molar-refractivity contribution in [2.24, 2.45) is 0 Å². The van der Waals surface area contributed by atoms with Crippen molar-refractivity contribution in [1.82, 2.24) is 10.4 Å². The first-order valence-corrected chi connectivity index (χ1v) is 4.42. The molecule has 0 fully saturated rings. The standard InChI is InChI=1S/C9H16N2O2/c1-8-3-5-11(6-4-8)7-9(12)10-13-2/h3H,4-7H2,1-2H3,(H,10,12). The van der Waals surface area contributed by atoms with Crippen molar-refractivity contribution >= 4 is 5.91 Å². The Balaban J connectivity index is 2.27. The first kappa shape index (κ1) is 10.2. The normalized spacial score (nSPS) is 18.2. The quantitative estimate of drug-likeness (QED) is 0.507. The molecule has 13 heavy (non-hydrogen) atoms. The molecule has 0 saturated heterocycles. The van der Waals surface area contributed by atoms with E-state index in [4.69, 9.17) is 0 Å². The molecule has 0 spiro atoms. The highest BCUT2D eigenvalue weighted by Crippen LogP contribution is 2.08. The molecule has 1 aliphatic heterocycles. The Morgan fingerprint density at radius 3 is 3.08 bits per heavy atom. The predicted octanol–water partition coefficient (Wildman–Crippen LogP) is 0.316. The van der Waals surface area contributed by atoms with Crippen LogP contribution in [0.1, 0.15) is 13.3 Å². The maximum absolute atomic E-state index is 11.1. The summed E-state index contributed by atoms with van der Waals surface area (Å²) < 4.78 is 0. The maximum atomic E-state index is 11.1. The van der Waals surface area contributed by atoms with Crippen LogP contribution in [0.25, 0.3) is 0 Å². The molecular formula is C9H16N2O2. The van der Waals surface area contributed by atoms with E-state index in [9.17, 15) is 4.79 Å². The first-order valence-electron chi connectivity index (χ1n) is 4.42. The van der Waals surface area contributed by atoms with E-state index in [1.807, 2.05) is 0 Å². The molecule has 1 rings (SSSR count). The molecule has 0 aromatic rings. The monoisotopic (exact) mass is 184 g/mol. The number of carbonyl (C=O) groups is 1. The van der Waals surface area contributed by atoms with Gasteiger partial charge in [0.2, 0.25) is 0 Å². The van der Waals surface area contributed by atoms with Gasteiger partial charge in [-0.15, -0.1) is 0 Å². The topological polar surface area (TPSA) is 41.6 Å². The average molecular weight is 184 g/mol. The number of hydrogen-bond donors (Lipinski definition) is 1. The molecule has 4 nitrogen and oxygen atoms in total. The van der Waals surface area contributed by atoms with Gasteiger partial charge in [0, 0.05) is 13.1 Å². The third-order valence-electron chi connectivity index (χ3n) is 2.10. The molecule has 0 aliphatic carbocycles. The van der Waals surface area contributed by atoms with Crippen LogP contribution in [0.4, 0.5) is 0 Å². The van der Waals surface area contributed by atoms with E-state index in [2.05, 4.69) is 28.2 Å². The van der Waals surface area contributed by atoms with E-state index >= 15 is 0 Å². The van der Waals surface area contributed by atoms with Gasteiger partial charge in [0.25, 0.3) is 5.91 Å². The van der Waals surface area contributed by atoms with Crippen molar-refractivity contribution in [3.05, 3.63) is 11.6 Å². The minimum atomic E-state index is -0.0875. The van der Waals surface area contributed by atoms with Gasteiger partial charge in [0.1, 0.15) is 0 Å². The Bertz CT molecular complexity index is 214. The van der Waals surface area contributed by atoms with Crippen molar-refractivity contribution < 1.29 is 9.63 Å². The van der Waals surface area contributed by atoms with Crippen LogP contribution in [0, 0.1) is 0 Å². The molecule has 1 heterocycles. The zero-order valence-corrected chi connectivity index (χ0v) is 8.17. The Labute approximate surface area is 78.5 Å². The molecule has 4 heteroatoms. The molecule has 0 saturated carbocycles. The lowest BCUT2D eigenvalue weighted by Crippen LogP contribution is -2.38. The fraction of sp³-hybridized carbons (Fsp3) is 0.667. The second-order valence-electron chi connectivity index (χ2n) is 3.26. The van der Waals surface area contributed by atoms with E-state index in [0.717, 1.165) is 19.5 Å². The minimum absolute atomic E-state index is 0.0875. The predicted molar refractivity (Wildman–Crippen MR) is 50.0 cm³/mol. The summed E-state index contributed by atoms with van der Waals surface area (Å²) >= 11 is 0. The highest BCUT2D eigenvalue weighted by molar-refractivity contribution is 5.76. The van der Waals surface area contributed by atoms with Crippen LogP contribution in [-0.4, -0.2) is 37.6 Å². The second-order valence-corrected chi connectivity index (χ2v) is 3.26. The molecule has 0 bridgehead atoms. The van der Waals surface area contributed by atoms with Crippen molar-refractivity contribution in [1.29, 1.82) is 0 Å². The highest BCUT2D eigenvalue weighted by Gasteiger charge is 2.12. The summed E-state index contributed by atoms with van der Waals surface area (Å²) in [5.41, 5.74) is 3.71. The molecule has 0 aromatic heterocycles. The fourth-order valence-corrected chi connectivity index (χ4v) is 1.31. The SMILES string of the molecule is CONC(=O)CN1CC=C(C)CC1. The second kappa shape index (κ2) is 4.99. The van der Waals surface area contributed by atoms with Crippen LogP contribution in [0.5, 0.6) is 0 Å². The molecule has 0 atom stereocenters. The van der Waals surface area contributed by atoms with Crippen molar-refractivity contribution in [2.75, 3.05) is 26.7 Å². The van der Waals surface area contributed by atoms with E-state index in [-0.39, 0.29) is 5.91 Å². The largest absolute Gasteiger partial charge is 0.290 e. The number of hydroxylamine groups is 1. The van der Waals surface area contributed by atoms with Gasteiger partial charge >= 0.3 is 0 Å². The van der Waals surface area contributed by atoms with Crippen molar-refractivity contribution in [3.8, 4) is 0 Å². The van der Waals surface area contributed by atoms with E-state index < -0.39 is 0 Å². The molecule has 0 unspecified atom stereocenters. The fourth-order valence-electron chi connectivity index (χ4n) is 1.31. The summed E-state index contributed by atoms with van der Waals surface area (Å²) in [6.07, 6.45) is 3.21. The number of hydrogen-bond acceptors (Lipinski definition) is 3. The lowest BCUT2D eigenvalue weighted by Gasteiger charge is -2.24. The van der Waals surface area contributed by atoms with Gasteiger partial charge in [-0.25, -0.2) is 5.48 Å². The molecule has 1 amide bonds. The summed E-state index contributed by atoms with van der Waals surface area (Å²) in [7, 11) is 1.44. The molecule has 74 valence electrons. The zero-order chi connectivity index (χ0) is 9.68. The summed E-state index contributed by atoms with van der Waals surface area (Å²) in [5, 5.41) is 0. The van der Waals surface area contributed by atoms with E-state index in [1.165, 1.54) is 12.7 Å². The third-order valence-corrected chi connectivity index (χ3v) is 2.10. The molecule has 1 aliphatic rings. The van der Waals surface area contributed by atoms with Crippen LogP contribution < -0.4 is 5.48 Å². The summed E-state index contributed by atoms with van der Waals surface area (Å²) in [6.45, 7) is 4.35. The van der Waals surface area contributed by atoms with Gasteiger partial charge in [-0.1, -0.05) is 11.6 Å². The number of amides is 1.